The molecule has 3 rings (SSSR count). The summed E-state index contributed by atoms with van der Waals surface area (Å²) in [5.74, 6) is 1.68. The van der Waals surface area contributed by atoms with E-state index in [1.165, 1.54) is 5.56 Å². The third kappa shape index (κ3) is 4.85. The molecule has 0 atom stereocenters. The van der Waals surface area contributed by atoms with Gasteiger partial charge in [-0.2, -0.15) is 5.10 Å². The molecule has 1 N–H and O–H groups in total. The Balaban J connectivity index is 1.62. The maximum absolute atomic E-state index is 5.96. The van der Waals surface area contributed by atoms with Gasteiger partial charge in [0.15, 0.2) is 0 Å². The first-order chi connectivity index (χ1) is 12.1. The highest BCUT2D eigenvalue weighted by Gasteiger charge is 2.02. The number of nitrogens with one attached hydrogen (secondary N) is 1. The van der Waals surface area contributed by atoms with Crippen LogP contribution >= 0.6 is 11.6 Å². The number of ether oxygens (including phenoxy) is 1. The van der Waals surface area contributed by atoms with Gasteiger partial charge >= 0.3 is 0 Å². The molecule has 0 amide bonds. The van der Waals surface area contributed by atoms with Crippen LogP contribution in [0.2, 0.25) is 5.02 Å². The molecule has 3 aromatic carbocycles. The Morgan fingerprint density at radius 2 is 1.64 bits per heavy atom. The van der Waals surface area contributed by atoms with E-state index in [1.807, 2.05) is 61.5 Å². The van der Waals surface area contributed by atoms with E-state index < -0.39 is 0 Å². The maximum Gasteiger partial charge on any atom is 0.130 e. The van der Waals surface area contributed by atoms with Crippen molar-refractivity contribution >= 4 is 23.5 Å². The molecule has 3 nitrogen and oxygen atoms in total. The standard InChI is InChI=1S/C21H19ClN2O/c1-15-3-4-16(2)21(13-15)25-20-11-5-17(6-12-20)14-23-24-19-9-7-18(22)8-10-19/h3-14,24H,1-2H3. The molecule has 0 aliphatic rings. The van der Waals surface area contributed by atoms with E-state index in [0.29, 0.717) is 5.02 Å². The van der Waals surface area contributed by atoms with Crippen molar-refractivity contribution in [3.8, 4) is 11.5 Å². The largest absolute Gasteiger partial charge is 0.457 e. The van der Waals surface area contributed by atoms with Gasteiger partial charge in [0.25, 0.3) is 0 Å². The van der Waals surface area contributed by atoms with Crippen LogP contribution in [0.5, 0.6) is 11.5 Å². The Kier molecular flexibility index (Phi) is 5.36. The summed E-state index contributed by atoms with van der Waals surface area (Å²) in [5, 5.41) is 4.92. The van der Waals surface area contributed by atoms with E-state index in [2.05, 4.69) is 29.6 Å². The van der Waals surface area contributed by atoms with Crippen molar-refractivity contribution in [1.82, 2.24) is 0 Å². The molecule has 25 heavy (non-hydrogen) atoms. The molecule has 0 radical (unpaired) electrons. The van der Waals surface area contributed by atoms with Gasteiger partial charge in [-0.3, -0.25) is 5.43 Å². The zero-order valence-electron chi connectivity index (χ0n) is 14.2. The number of halogens is 1. The van der Waals surface area contributed by atoms with Crippen molar-refractivity contribution in [3.05, 3.63) is 88.4 Å². The highest BCUT2D eigenvalue weighted by Crippen LogP contribution is 2.26. The minimum Gasteiger partial charge on any atom is -0.457 e. The second-order valence-corrected chi connectivity index (χ2v) is 6.25. The first-order valence-corrected chi connectivity index (χ1v) is 8.38. The van der Waals surface area contributed by atoms with Crippen LogP contribution in [-0.4, -0.2) is 6.21 Å². The van der Waals surface area contributed by atoms with Crippen LogP contribution in [0, 0.1) is 13.8 Å². The molecule has 3 aromatic rings. The van der Waals surface area contributed by atoms with E-state index in [1.54, 1.807) is 6.21 Å². The molecule has 0 saturated heterocycles. The van der Waals surface area contributed by atoms with Gasteiger partial charge in [-0.05, 0) is 85.1 Å². The molecule has 0 saturated carbocycles. The van der Waals surface area contributed by atoms with Gasteiger partial charge in [-0.25, -0.2) is 0 Å². The molecule has 0 bridgehead atoms. The van der Waals surface area contributed by atoms with Crippen LogP contribution in [0.25, 0.3) is 0 Å². The number of hydrogen-bond donors (Lipinski definition) is 1. The second-order valence-electron chi connectivity index (χ2n) is 5.82. The SMILES string of the molecule is Cc1ccc(C)c(Oc2ccc(C=NNc3ccc(Cl)cc3)cc2)c1. The van der Waals surface area contributed by atoms with Crippen molar-refractivity contribution in [3.63, 3.8) is 0 Å². The van der Waals surface area contributed by atoms with Gasteiger partial charge in [0.1, 0.15) is 11.5 Å². The van der Waals surface area contributed by atoms with E-state index in [-0.39, 0.29) is 0 Å². The molecular weight excluding hydrogens is 332 g/mol. The summed E-state index contributed by atoms with van der Waals surface area (Å²) in [4.78, 5) is 0. The highest BCUT2D eigenvalue weighted by molar-refractivity contribution is 6.30. The van der Waals surface area contributed by atoms with Crippen molar-refractivity contribution in [1.29, 1.82) is 0 Å². The molecule has 0 aliphatic heterocycles. The average molecular weight is 351 g/mol. The molecule has 0 spiro atoms. The van der Waals surface area contributed by atoms with Gasteiger partial charge in [0, 0.05) is 5.02 Å². The number of hydrogen-bond acceptors (Lipinski definition) is 3. The van der Waals surface area contributed by atoms with Crippen LogP contribution in [0.3, 0.4) is 0 Å². The highest BCUT2D eigenvalue weighted by atomic mass is 35.5. The fourth-order valence-electron chi connectivity index (χ4n) is 2.27. The lowest BCUT2D eigenvalue weighted by atomic mass is 10.1. The Bertz CT molecular complexity index is 871. The van der Waals surface area contributed by atoms with Crippen LogP contribution in [0.15, 0.2) is 71.8 Å². The smallest absolute Gasteiger partial charge is 0.130 e. The lowest BCUT2D eigenvalue weighted by Gasteiger charge is -2.09. The van der Waals surface area contributed by atoms with Crippen LogP contribution < -0.4 is 10.2 Å². The second kappa shape index (κ2) is 7.86. The van der Waals surface area contributed by atoms with E-state index in [0.717, 1.165) is 28.3 Å². The summed E-state index contributed by atoms with van der Waals surface area (Å²) in [6, 6.07) is 21.4. The van der Waals surface area contributed by atoms with Gasteiger partial charge in [-0.1, -0.05) is 23.7 Å². The third-order valence-electron chi connectivity index (χ3n) is 3.70. The zero-order chi connectivity index (χ0) is 17.6. The summed E-state index contributed by atoms with van der Waals surface area (Å²) >= 11 is 5.85. The Morgan fingerprint density at radius 3 is 2.36 bits per heavy atom. The van der Waals surface area contributed by atoms with Crippen LogP contribution in [0.1, 0.15) is 16.7 Å². The summed E-state index contributed by atoms with van der Waals surface area (Å²) < 4.78 is 5.96. The minimum atomic E-state index is 0.703. The molecule has 0 heterocycles. The van der Waals surface area contributed by atoms with Crippen molar-refractivity contribution in [2.45, 2.75) is 13.8 Å². The number of nitrogens with zero attached hydrogens (tertiary/aromatic N) is 1. The summed E-state index contributed by atoms with van der Waals surface area (Å²) in [7, 11) is 0. The van der Waals surface area contributed by atoms with E-state index in [9.17, 15) is 0 Å². The van der Waals surface area contributed by atoms with Crippen LogP contribution in [-0.2, 0) is 0 Å². The summed E-state index contributed by atoms with van der Waals surface area (Å²) in [6.45, 7) is 4.10. The molecule has 126 valence electrons. The maximum atomic E-state index is 5.96. The van der Waals surface area contributed by atoms with Crippen LogP contribution in [0.4, 0.5) is 5.69 Å². The molecular formula is C21H19ClN2O. The number of benzene rings is 3. The average Bonchev–Trinajstić information content (AvgIpc) is 2.61. The van der Waals surface area contributed by atoms with Crippen molar-refractivity contribution < 1.29 is 4.74 Å². The zero-order valence-corrected chi connectivity index (χ0v) is 14.9. The lowest BCUT2D eigenvalue weighted by molar-refractivity contribution is 0.478. The van der Waals surface area contributed by atoms with Gasteiger partial charge in [0.2, 0.25) is 0 Å². The molecule has 0 aromatic heterocycles. The molecule has 4 heteroatoms. The first-order valence-electron chi connectivity index (χ1n) is 8.00. The van der Waals surface area contributed by atoms with Gasteiger partial charge in [-0.15, -0.1) is 0 Å². The fourth-order valence-corrected chi connectivity index (χ4v) is 2.40. The van der Waals surface area contributed by atoms with Gasteiger partial charge in [0.05, 0.1) is 11.9 Å². The van der Waals surface area contributed by atoms with E-state index in [4.69, 9.17) is 16.3 Å². The number of hydrazone groups is 1. The monoisotopic (exact) mass is 350 g/mol. The number of anilines is 1. The third-order valence-corrected chi connectivity index (χ3v) is 3.96. The number of rotatable bonds is 5. The normalized spacial score (nSPS) is 10.8. The fraction of sp³-hybridized carbons (Fsp3) is 0.0952. The summed E-state index contributed by atoms with van der Waals surface area (Å²) in [6.07, 6.45) is 1.76. The predicted octanol–water partition coefficient (Wildman–Crippen LogP) is 6.20. The summed E-state index contributed by atoms with van der Waals surface area (Å²) in [5.41, 5.74) is 7.13. The Labute approximate surface area is 152 Å². The van der Waals surface area contributed by atoms with Gasteiger partial charge < -0.3 is 4.74 Å². The Hall–Kier alpha value is -2.78. The molecule has 0 fully saturated rings. The lowest BCUT2D eigenvalue weighted by Crippen LogP contribution is -1.91. The quantitative estimate of drug-likeness (QED) is 0.439. The topological polar surface area (TPSA) is 33.6 Å². The minimum absolute atomic E-state index is 0.703. The molecule has 0 unspecified atom stereocenters. The van der Waals surface area contributed by atoms with E-state index >= 15 is 0 Å². The molecule has 0 aliphatic carbocycles. The van der Waals surface area contributed by atoms with Crippen molar-refractivity contribution in [2.75, 3.05) is 5.43 Å². The van der Waals surface area contributed by atoms with Crippen molar-refractivity contribution in [2.24, 2.45) is 5.10 Å². The Morgan fingerprint density at radius 1 is 0.920 bits per heavy atom. The predicted molar refractivity (Wildman–Crippen MR) is 105 cm³/mol. The number of aryl methyl sites for hydroxylation is 2. The first kappa shape index (κ1) is 17.1.